The van der Waals surface area contributed by atoms with Crippen molar-refractivity contribution in [2.75, 3.05) is 36.4 Å². The predicted molar refractivity (Wildman–Crippen MR) is 108 cm³/mol. The molecule has 4 rings (SSSR count). The van der Waals surface area contributed by atoms with Crippen LogP contribution in [-0.4, -0.2) is 59.9 Å². The molecule has 0 amide bonds. The van der Waals surface area contributed by atoms with Crippen molar-refractivity contribution in [2.45, 2.75) is 36.6 Å². The molecule has 2 aliphatic heterocycles. The van der Waals surface area contributed by atoms with E-state index in [1.807, 2.05) is 6.07 Å². The number of piperidine rings is 1. The van der Waals surface area contributed by atoms with Gasteiger partial charge in [0.05, 0.1) is 4.90 Å². The standard InChI is InChI=1S/C18H23ClN6O2S/c19-16-21-17(23-18(22-16)24-10-4-5-11-24)20-14-8-12-25(13-9-14)28(26,27)15-6-2-1-3-7-15/h1-3,6-7,14H,4-5,8-13H2,(H,20,21,22,23). The fourth-order valence-corrected chi connectivity index (χ4v) is 5.27. The number of benzene rings is 1. The molecule has 2 aromatic rings. The molecule has 0 atom stereocenters. The van der Waals surface area contributed by atoms with E-state index < -0.39 is 10.0 Å². The van der Waals surface area contributed by atoms with Crippen molar-refractivity contribution < 1.29 is 8.42 Å². The Labute approximate surface area is 170 Å². The first kappa shape index (κ1) is 19.4. The first-order valence-corrected chi connectivity index (χ1v) is 11.3. The lowest BCUT2D eigenvalue weighted by Gasteiger charge is -2.31. The summed E-state index contributed by atoms with van der Waals surface area (Å²) in [6.45, 7) is 2.75. The van der Waals surface area contributed by atoms with Crippen LogP contribution in [0.5, 0.6) is 0 Å². The molecule has 0 radical (unpaired) electrons. The molecule has 10 heteroatoms. The topological polar surface area (TPSA) is 91.3 Å². The van der Waals surface area contributed by atoms with Crippen LogP contribution in [0.15, 0.2) is 35.2 Å². The predicted octanol–water partition coefficient (Wildman–Crippen LogP) is 2.39. The molecular weight excluding hydrogens is 400 g/mol. The average Bonchev–Trinajstić information content (AvgIpc) is 3.24. The monoisotopic (exact) mass is 422 g/mol. The minimum atomic E-state index is -3.45. The van der Waals surface area contributed by atoms with Gasteiger partial charge in [-0.25, -0.2) is 8.42 Å². The van der Waals surface area contributed by atoms with Gasteiger partial charge in [-0.3, -0.25) is 0 Å². The Hall–Kier alpha value is -1.97. The number of nitrogens with one attached hydrogen (secondary N) is 1. The zero-order valence-electron chi connectivity index (χ0n) is 15.5. The third kappa shape index (κ3) is 4.21. The van der Waals surface area contributed by atoms with Crippen molar-refractivity contribution in [1.82, 2.24) is 19.3 Å². The van der Waals surface area contributed by atoms with Crippen LogP contribution >= 0.6 is 11.6 Å². The summed E-state index contributed by atoms with van der Waals surface area (Å²) < 4.78 is 27.0. The summed E-state index contributed by atoms with van der Waals surface area (Å²) in [5, 5.41) is 3.47. The van der Waals surface area contributed by atoms with Gasteiger partial charge in [-0.05, 0) is 49.4 Å². The number of sulfonamides is 1. The Kier molecular flexibility index (Phi) is 5.65. The Bertz CT molecular complexity index is 913. The lowest BCUT2D eigenvalue weighted by molar-refractivity contribution is 0.329. The van der Waals surface area contributed by atoms with E-state index >= 15 is 0 Å². The lowest BCUT2D eigenvalue weighted by atomic mass is 10.1. The van der Waals surface area contributed by atoms with E-state index in [1.54, 1.807) is 24.3 Å². The third-order valence-corrected chi connectivity index (χ3v) is 7.24. The van der Waals surface area contributed by atoms with Gasteiger partial charge in [0.25, 0.3) is 0 Å². The van der Waals surface area contributed by atoms with Gasteiger partial charge in [0.15, 0.2) is 0 Å². The second kappa shape index (κ2) is 8.18. The minimum absolute atomic E-state index is 0.0899. The second-order valence-corrected chi connectivity index (χ2v) is 9.33. The van der Waals surface area contributed by atoms with Crippen LogP contribution in [0.4, 0.5) is 11.9 Å². The lowest BCUT2D eigenvalue weighted by Crippen LogP contribution is -2.42. The van der Waals surface area contributed by atoms with Gasteiger partial charge in [0.2, 0.25) is 27.2 Å². The summed E-state index contributed by atoms with van der Waals surface area (Å²) in [7, 11) is -3.45. The second-order valence-electron chi connectivity index (χ2n) is 7.06. The number of rotatable bonds is 5. The van der Waals surface area contributed by atoms with Crippen LogP contribution in [0.3, 0.4) is 0 Å². The molecule has 1 aromatic carbocycles. The zero-order valence-corrected chi connectivity index (χ0v) is 17.0. The van der Waals surface area contributed by atoms with Crippen molar-refractivity contribution in [1.29, 1.82) is 0 Å². The summed E-state index contributed by atoms with van der Waals surface area (Å²) in [6.07, 6.45) is 3.60. The maximum Gasteiger partial charge on any atom is 0.243 e. The van der Waals surface area contributed by atoms with Crippen LogP contribution < -0.4 is 10.2 Å². The van der Waals surface area contributed by atoms with E-state index in [0.717, 1.165) is 25.9 Å². The first-order chi connectivity index (χ1) is 13.5. The summed E-state index contributed by atoms with van der Waals surface area (Å²) in [5.41, 5.74) is 0. The molecule has 0 saturated carbocycles. The van der Waals surface area contributed by atoms with Crippen molar-refractivity contribution in [3.05, 3.63) is 35.6 Å². The molecule has 8 nitrogen and oxygen atoms in total. The highest BCUT2D eigenvalue weighted by Gasteiger charge is 2.29. The van der Waals surface area contributed by atoms with Gasteiger partial charge < -0.3 is 10.2 Å². The van der Waals surface area contributed by atoms with Crippen molar-refractivity contribution >= 4 is 33.5 Å². The fraction of sp³-hybridized carbons (Fsp3) is 0.500. The van der Waals surface area contributed by atoms with Gasteiger partial charge >= 0.3 is 0 Å². The van der Waals surface area contributed by atoms with E-state index in [-0.39, 0.29) is 11.3 Å². The van der Waals surface area contributed by atoms with E-state index in [9.17, 15) is 8.42 Å². The van der Waals surface area contributed by atoms with E-state index in [2.05, 4.69) is 25.2 Å². The Morgan fingerprint density at radius 2 is 1.64 bits per heavy atom. The number of anilines is 2. The van der Waals surface area contributed by atoms with E-state index in [4.69, 9.17) is 11.6 Å². The highest BCUT2D eigenvalue weighted by molar-refractivity contribution is 7.89. The number of aromatic nitrogens is 3. The Morgan fingerprint density at radius 3 is 2.32 bits per heavy atom. The largest absolute Gasteiger partial charge is 0.351 e. The van der Waals surface area contributed by atoms with Gasteiger partial charge in [0, 0.05) is 32.2 Å². The highest BCUT2D eigenvalue weighted by Crippen LogP contribution is 2.23. The van der Waals surface area contributed by atoms with Gasteiger partial charge in [-0.1, -0.05) is 18.2 Å². The van der Waals surface area contributed by atoms with Gasteiger partial charge in [0.1, 0.15) is 0 Å². The van der Waals surface area contributed by atoms with Crippen LogP contribution in [0, 0.1) is 0 Å². The smallest absolute Gasteiger partial charge is 0.243 e. The van der Waals surface area contributed by atoms with Gasteiger partial charge in [-0.2, -0.15) is 19.3 Å². The molecule has 2 aliphatic rings. The quantitative estimate of drug-likeness (QED) is 0.790. The van der Waals surface area contributed by atoms with Crippen molar-refractivity contribution in [3.63, 3.8) is 0 Å². The number of hydrogen-bond acceptors (Lipinski definition) is 7. The maximum absolute atomic E-state index is 12.7. The van der Waals surface area contributed by atoms with Crippen LogP contribution in [0.25, 0.3) is 0 Å². The summed E-state index contributed by atoms with van der Waals surface area (Å²) >= 11 is 6.08. The van der Waals surface area contributed by atoms with Crippen LogP contribution in [0.2, 0.25) is 5.28 Å². The van der Waals surface area contributed by atoms with Gasteiger partial charge in [-0.15, -0.1) is 0 Å². The van der Waals surface area contributed by atoms with E-state index in [1.165, 1.54) is 4.31 Å². The normalized spacial score (nSPS) is 19.1. The molecular formula is C18H23ClN6O2S. The number of halogens is 1. The number of hydrogen-bond donors (Lipinski definition) is 1. The minimum Gasteiger partial charge on any atom is -0.351 e. The van der Waals surface area contributed by atoms with Crippen LogP contribution in [0.1, 0.15) is 25.7 Å². The first-order valence-electron chi connectivity index (χ1n) is 9.51. The molecule has 2 saturated heterocycles. The third-order valence-electron chi connectivity index (χ3n) is 5.15. The molecule has 0 spiro atoms. The molecule has 0 unspecified atom stereocenters. The molecule has 0 aliphatic carbocycles. The molecule has 1 aromatic heterocycles. The summed E-state index contributed by atoms with van der Waals surface area (Å²) in [4.78, 5) is 15.4. The van der Waals surface area contributed by atoms with Crippen molar-refractivity contribution in [2.24, 2.45) is 0 Å². The van der Waals surface area contributed by atoms with Crippen molar-refractivity contribution in [3.8, 4) is 0 Å². The summed E-state index contributed by atoms with van der Waals surface area (Å²) in [5.74, 6) is 1.05. The SMILES string of the molecule is O=S(=O)(c1ccccc1)N1CCC(Nc2nc(Cl)nc(N3CCCC3)n2)CC1. The summed E-state index contributed by atoms with van der Waals surface area (Å²) in [6, 6.07) is 8.64. The molecule has 150 valence electrons. The fourth-order valence-electron chi connectivity index (χ4n) is 3.63. The highest BCUT2D eigenvalue weighted by atomic mass is 35.5. The maximum atomic E-state index is 12.7. The Balaban J connectivity index is 1.40. The van der Waals surface area contributed by atoms with Crippen LogP contribution in [-0.2, 0) is 10.0 Å². The zero-order chi connectivity index (χ0) is 19.6. The molecule has 2 fully saturated rings. The molecule has 28 heavy (non-hydrogen) atoms. The molecule has 3 heterocycles. The molecule has 0 bridgehead atoms. The number of nitrogens with zero attached hydrogens (tertiary/aromatic N) is 5. The van der Waals surface area contributed by atoms with E-state index in [0.29, 0.717) is 42.7 Å². The average molecular weight is 423 g/mol. The Morgan fingerprint density at radius 1 is 0.964 bits per heavy atom. The molecule has 1 N–H and O–H groups in total.